The number of hydrogen-bond donors (Lipinski definition) is 0. The highest BCUT2D eigenvalue weighted by atomic mass is 16.5. The molecule has 0 atom stereocenters. The van der Waals surface area contributed by atoms with E-state index in [9.17, 15) is 0 Å². The van der Waals surface area contributed by atoms with Crippen molar-refractivity contribution in [2.45, 2.75) is 12.8 Å². The van der Waals surface area contributed by atoms with Crippen LogP contribution in [0.2, 0.25) is 0 Å². The van der Waals surface area contributed by atoms with Crippen molar-refractivity contribution < 1.29 is 4.74 Å². The second-order valence-electron chi connectivity index (χ2n) is 5.82. The first-order chi connectivity index (χ1) is 12.4. The lowest BCUT2D eigenvalue weighted by Crippen LogP contribution is -2.01. The third-order valence-corrected chi connectivity index (χ3v) is 4.36. The van der Waals surface area contributed by atoms with Crippen molar-refractivity contribution in [1.82, 2.24) is 19.6 Å². The molecule has 0 amide bonds. The van der Waals surface area contributed by atoms with Gasteiger partial charge in [0.15, 0.2) is 5.65 Å². The Bertz CT molecular complexity index is 995. The Morgan fingerprint density at radius 1 is 1.00 bits per heavy atom. The van der Waals surface area contributed by atoms with E-state index in [-0.39, 0.29) is 0 Å². The van der Waals surface area contributed by atoms with E-state index >= 15 is 0 Å². The molecule has 3 aromatic heterocycles. The smallest absolute Gasteiger partial charge is 0.168 e. The van der Waals surface area contributed by atoms with Gasteiger partial charge >= 0.3 is 0 Å². The van der Waals surface area contributed by atoms with Crippen molar-refractivity contribution in [2.24, 2.45) is 0 Å². The van der Waals surface area contributed by atoms with Gasteiger partial charge in [0.1, 0.15) is 12.1 Å². The van der Waals surface area contributed by atoms with E-state index in [1.807, 2.05) is 36.5 Å². The summed E-state index contributed by atoms with van der Waals surface area (Å²) < 4.78 is 7.50. The van der Waals surface area contributed by atoms with Crippen LogP contribution in [-0.2, 0) is 12.8 Å². The molecule has 124 valence electrons. The van der Waals surface area contributed by atoms with Crippen LogP contribution >= 0.6 is 0 Å². The minimum absolute atomic E-state index is 0.852. The minimum atomic E-state index is 0.852. The summed E-state index contributed by atoms with van der Waals surface area (Å²) in [6.45, 7) is 0. The van der Waals surface area contributed by atoms with Crippen molar-refractivity contribution in [2.75, 3.05) is 7.11 Å². The maximum atomic E-state index is 5.44. The topological polar surface area (TPSA) is 52.3 Å². The molecular weight excluding hydrogens is 312 g/mol. The quantitative estimate of drug-likeness (QED) is 0.561. The van der Waals surface area contributed by atoms with Crippen molar-refractivity contribution in [3.63, 3.8) is 0 Å². The molecule has 4 rings (SSSR count). The van der Waals surface area contributed by atoms with Gasteiger partial charge in [0.2, 0.25) is 0 Å². The molecule has 0 bridgehead atoms. The zero-order valence-corrected chi connectivity index (χ0v) is 14.0. The Balaban J connectivity index is 1.67. The predicted molar refractivity (Wildman–Crippen MR) is 96.6 cm³/mol. The van der Waals surface area contributed by atoms with E-state index in [4.69, 9.17) is 4.74 Å². The normalized spacial score (nSPS) is 10.9. The molecule has 4 aromatic rings. The Morgan fingerprint density at radius 3 is 2.76 bits per heavy atom. The highest BCUT2D eigenvalue weighted by Crippen LogP contribution is 2.25. The van der Waals surface area contributed by atoms with Gasteiger partial charge < -0.3 is 4.74 Å². The molecule has 0 N–H and O–H groups in total. The van der Waals surface area contributed by atoms with Crippen LogP contribution in [-0.4, -0.2) is 26.7 Å². The van der Waals surface area contributed by atoms with Crippen LogP contribution in [0.3, 0.4) is 0 Å². The maximum Gasteiger partial charge on any atom is 0.168 e. The zero-order valence-electron chi connectivity index (χ0n) is 14.0. The van der Waals surface area contributed by atoms with Gasteiger partial charge in [0.05, 0.1) is 7.11 Å². The number of hydrogen-bond acceptors (Lipinski definition) is 4. The van der Waals surface area contributed by atoms with E-state index in [1.165, 1.54) is 11.3 Å². The molecule has 0 aliphatic rings. The number of pyridine rings is 2. The number of aromatic nitrogens is 4. The second kappa shape index (κ2) is 6.73. The number of aryl methyl sites for hydroxylation is 2. The first kappa shape index (κ1) is 15.3. The lowest BCUT2D eigenvalue weighted by molar-refractivity contribution is 0.409. The van der Waals surface area contributed by atoms with Crippen LogP contribution in [0.1, 0.15) is 11.3 Å². The lowest BCUT2D eigenvalue weighted by atomic mass is 10.0. The van der Waals surface area contributed by atoms with Crippen molar-refractivity contribution >= 4 is 5.65 Å². The molecule has 0 radical (unpaired) electrons. The Morgan fingerprint density at radius 2 is 1.92 bits per heavy atom. The number of benzene rings is 1. The molecule has 5 nitrogen and oxygen atoms in total. The maximum absolute atomic E-state index is 5.44. The lowest BCUT2D eigenvalue weighted by Gasteiger charge is -2.11. The van der Waals surface area contributed by atoms with Gasteiger partial charge in [-0.25, -0.2) is 0 Å². The predicted octanol–water partition coefficient (Wildman–Crippen LogP) is 3.59. The number of methoxy groups -OCH3 is 1. The van der Waals surface area contributed by atoms with E-state index in [1.54, 1.807) is 19.6 Å². The summed E-state index contributed by atoms with van der Waals surface area (Å²) in [6.07, 6.45) is 7.16. The molecule has 0 aliphatic carbocycles. The van der Waals surface area contributed by atoms with Gasteiger partial charge in [-0.3, -0.25) is 9.38 Å². The zero-order chi connectivity index (χ0) is 17.1. The van der Waals surface area contributed by atoms with E-state index in [0.717, 1.165) is 35.4 Å². The molecule has 0 saturated heterocycles. The highest BCUT2D eigenvalue weighted by Gasteiger charge is 2.11. The fourth-order valence-electron chi connectivity index (χ4n) is 3.09. The van der Waals surface area contributed by atoms with Crippen LogP contribution in [0.5, 0.6) is 5.75 Å². The third-order valence-electron chi connectivity index (χ3n) is 4.36. The van der Waals surface area contributed by atoms with Crippen LogP contribution in [0.15, 0.2) is 67.3 Å². The molecule has 0 unspecified atom stereocenters. The largest absolute Gasteiger partial charge is 0.496 e. The summed E-state index contributed by atoms with van der Waals surface area (Å²) in [4.78, 5) is 4.20. The third kappa shape index (κ3) is 2.96. The molecule has 5 heteroatoms. The molecule has 0 spiro atoms. The fourth-order valence-corrected chi connectivity index (χ4v) is 3.09. The number of para-hydroxylation sites is 1. The summed E-state index contributed by atoms with van der Waals surface area (Å²) in [7, 11) is 1.71. The summed E-state index contributed by atoms with van der Waals surface area (Å²) in [5.41, 5.74) is 5.29. The molecule has 0 aliphatic heterocycles. The van der Waals surface area contributed by atoms with Crippen molar-refractivity contribution in [3.8, 4) is 16.9 Å². The van der Waals surface area contributed by atoms with Crippen LogP contribution in [0.4, 0.5) is 0 Å². The number of ether oxygens (including phenoxy) is 1. The van der Waals surface area contributed by atoms with E-state index in [0.29, 0.717) is 0 Å². The van der Waals surface area contributed by atoms with Gasteiger partial charge in [-0.05, 0) is 42.7 Å². The average molecular weight is 330 g/mol. The van der Waals surface area contributed by atoms with Gasteiger partial charge in [0, 0.05) is 29.2 Å². The second-order valence-corrected chi connectivity index (χ2v) is 5.82. The summed E-state index contributed by atoms with van der Waals surface area (Å²) in [5, 5.41) is 8.41. The summed E-state index contributed by atoms with van der Waals surface area (Å²) >= 11 is 0. The molecule has 0 fully saturated rings. The molecular formula is C20H18N4O. The first-order valence-electron chi connectivity index (χ1n) is 8.21. The van der Waals surface area contributed by atoms with E-state index in [2.05, 4.69) is 37.8 Å². The SMILES string of the molecule is COc1ccccc1CCc1ccc(-c2cccnc2)c2nncn12. The first-order valence-corrected chi connectivity index (χ1v) is 8.21. The number of rotatable bonds is 5. The van der Waals surface area contributed by atoms with Gasteiger partial charge in [0.25, 0.3) is 0 Å². The Kier molecular flexibility index (Phi) is 4.12. The van der Waals surface area contributed by atoms with Gasteiger partial charge in [-0.15, -0.1) is 10.2 Å². The fraction of sp³-hybridized carbons (Fsp3) is 0.150. The molecule has 0 saturated carbocycles. The number of fused-ring (bicyclic) bond motifs is 1. The Labute approximate surface area is 145 Å². The number of nitrogens with zero attached hydrogens (tertiary/aromatic N) is 4. The van der Waals surface area contributed by atoms with Crippen LogP contribution in [0, 0.1) is 0 Å². The van der Waals surface area contributed by atoms with Crippen LogP contribution < -0.4 is 4.74 Å². The summed E-state index contributed by atoms with van der Waals surface area (Å²) in [5.74, 6) is 0.925. The van der Waals surface area contributed by atoms with Crippen molar-refractivity contribution in [1.29, 1.82) is 0 Å². The summed E-state index contributed by atoms with van der Waals surface area (Å²) in [6, 6.07) is 16.3. The monoisotopic (exact) mass is 330 g/mol. The average Bonchev–Trinajstić information content (AvgIpc) is 3.17. The molecule has 25 heavy (non-hydrogen) atoms. The molecule has 1 aromatic carbocycles. The van der Waals surface area contributed by atoms with Crippen molar-refractivity contribution in [3.05, 3.63) is 78.5 Å². The van der Waals surface area contributed by atoms with Gasteiger partial charge in [-0.2, -0.15) is 0 Å². The Hall–Kier alpha value is -3.21. The van der Waals surface area contributed by atoms with E-state index < -0.39 is 0 Å². The molecule has 3 heterocycles. The minimum Gasteiger partial charge on any atom is -0.496 e. The standard InChI is InChI=1S/C20H18N4O/c1-25-19-7-3-2-5-15(19)8-9-17-10-11-18(16-6-4-12-21-13-16)20-23-22-14-24(17)20/h2-7,10-14H,8-9H2,1H3. The van der Waals surface area contributed by atoms with Gasteiger partial charge in [-0.1, -0.05) is 24.3 Å². The van der Waals surface area contributed by atoms with Crippen LogP contribution in [0.25, 0.3) is 16.8 Å². The highest BCUT2D eigenvalue weighted by molar-refractivity contribution is 5.76.